The van der Waals surface area contributed by atoms with Gasteiger partial charge in [0.05, 0.1) is 0 Å². The molecule has 0 amide bonds. The maximum Gasteiger partial charge on any atom is 0.119 e. The summed E-state index contributed by atoms with van der Waals surface area (Å²) < 4.78 is 18.6. The molecule has 0 aromatic carbocycles. The Labute approximate surface area is 66.1 Å². The SMILES string of the molecule is FC1CNCC12CCOCC2. The fourth-order valence-corrected chi connectivity index (χ4v) is 2.04. The van der Waals surface area contributed by atoms with Crippen molar-refractivity contribution in [3.63, 3.8) is 0 Å². The van der Waals surface area contributed by atoms with Crippen molar-refractivity contribution < 1.29 is 9.13 Å². The van der Waals surface area contributed by atoms with Crippen molar-refractivity contribution >= 4 is 0 Å². The van der Waals surface area contributed by atoms with Crippen LogP contribution in [0.3, 0.4) is 0 Å². The molecular formula is C8H14FNO. The average Bonchev–Trinajstić information content (AvgIpc) is 2.36. The van der Waals surface area contributed by atoms with Crippen molar-refractivity contribution in [2.75, 3.05) is 26.3 Å². The van der Waals surface area contributed by atoms with E-state index in [1.54, 1.807) is 0 Å². The highest BCUT2D eigenvalue weighted by molar-refractivity contribution is 4.96. The van der Waals surface area contributed by atoms with Gasteiger partial charge < -0.3 is 10.1 Å². The minimum atomic E-state index is -0.647. The molecule has 0 aliphatic carbocycles. The van der Waals surface area contributed by atoms with Crippen LogP contribution in [0, 0.1) is 5.41 Å². The van der Waals surface area contributed by atoms with Gasteiger partial charge in [0, 0.05) is 31.7 Å². The zero-order valence-electron chi connectivity index (χ0n) is 6.61. The Kier molecular flexibility index (Phi) is 1.85. The van der Waals surface area contributed by atoms with Gasteiger partial charge >= 0.3 is 0 Å². The van der Waals surface area contributed by atoms with Gasteiger partial charge in [0.15, 0.2) is 0 Å². The van der Waals surface area contributed by atoms with Crippen LogP contribution in [0.15, 0.2) is 0 Å². The summed E-state index contributed by atoms with van der Waals surface area (Å²) in [5, 5.41) is 3.10. The first-order valence-electron chi connectivity index (χ1n) is 4.26. The van der Waals surface area contributed by atoms with Crippen LogP contribution in [0.5, 0.6) is 0 Å². The van der Waals surface area contributed by atoms with E-state index in [0.717, 1.165) is 32.6 Å². The molecule has 2 heterocycles. The molecular weight excluding hydrogens is 145 g/mol. The van der Waals surface area contributed by atoms with Gasteiger partial charge in [-0.3, -0.25) is 0 Å². The van der Waals surface area contributed by atoms with Crippen LogP contribution in [0.25, 0.3) is 0 Å². The van der Waals surface area contributed by atoms with Gasteiger partial charge in [-0.05, 0) is 12.8 Å². The second kappa shape index (κ2) is 2.72. The van der Waals surface area contributed by atoms with Gasteiger partial charge in [-0.15, -0.1) is 0 Å². The highest BCUT2D eigenvalue weighted by Gasteiger charge is 2.44. The number of alkyl halides is 1. The highest BCUT2D eigenvalue weighted by atomic mass is 19.1. The van der Waals surface area contributed by atoms with Crippen LogP contribution in [-0.4, -0.2) is 32.5 Å². The maximum absolute atomic E-state index is 13.3. The highest BCUT2D eigenvalue weighted by Crippen LogP contribution is 2.38. The van der Waals surface area contributed by atoms with E-state index in [4.69, 9.17) is 4.74 Å². The van der Waals surface area contributed by atoms with E-state index in [2.05, 4.69) is 5.32 Å². The van der Waals surface area contributed by atoms with Crippen molar-refractivity contribution in [3.05, 3.63) is 0 Å². The molecule has 1 unspecified atom stereocenters. The lowest BCUT2D eigenvalue weighted by atomic mass is 9.78. The Hall–Kier alpha value is -0.150. The smallest absolute Gasteiger partial charge is 0.119 e. The summed E-state index contributed by atoms with van der Waals surface area (Å²) in [5.74, 6) is 0. The van der Waals surface area contributed by atoms with E-state index in [-0.39, 0.29) is 5.41 Å². The first kappa shape index (κ1) is 7.50. The first-order valence-corrected chi connectivity index (χ1v) is 4.26. The monoisotopic (exact) mass is 159 g/mol. The van der Waals surface area contributed by atoms with Crippen LogP contribution in [0.4, 0.5) is 4.39 Å². The third-order valence-corrected chi connectivity index (χ3v) is 2.95. The fourth-order valence-electron chi connectivity index (χ4n) is 2.04. The second-order valence-electron chi connectivity index (χ2n) is 3.57. The number of hydrogen-bond donors (Lipinski definition) is 1. The lowest BCUT2D eigenvalue weighted by molar-refractivity contribution is -0.00665. The van der Waals surface area contributed by atoms with Crippen LogP contribution < -0.4 is 5.32 Å². The van der Waals surface area contributed by atoms with E-state index < -0.39 is 6.17 Å². The molecule has 1 N–H and O–H groups in total. The van der Waals surface area contributed by atoms with Crippen molar-refractivity contribution in [1.29, 1.82) is 0 Å². The third kappa shape index (κ3) is 1.16. The molecule has 0 bridgehead atoms. The van der Waals surface area contributed by atoms with Gasteiger partial charge in [-0.2, -0.15) is 0 Å². The lowest BCUT2D eigenvalue weighted by Gasteiger charge is -2.34. The summed E-state index contributed by atoms with van der Waals surface area (Å²) in [6, 6.07) is 0. The molecule has 0 aromatic heterocycles. The van der Waals surface area contributed by atoms with E-state index in [9.17, 15) is 4.39 Å². The van der Waals surface area contributed by atoms with Gasteiger partial charge in [-0.1, -0.05) is 0 Å². The Morgan fingerprint density at radius 1 is 1.36 bits per heavy atom. The molecule has 2 aliphatic rings. The molecule has 2 saturated heterocycles. The Morgan fingerprint density at radius 2 is 2.09 bits per heavy atom. The summed E-state index contributed by atoms with van der Waals surface area (Å²) in [6.07, 6.45) is 1.13. The number of hydrogen-bond acceptors (Lipinski definition) is 2. The minimum Gasteiger partial charge on any atom is -0.381 e. The number of halogens is 1. The zero-order chi connectivity index (χ0) is 7.73. The van der Waals surface area contributed by atoms with Crippen LogP contribution >= 0.6 is 0 Å². The molecule has 3 heteroatoms. The quantitative estimate of drug-likeness (QED) is 0.562. The van der Waals surface area contributed by atoms with Gasteiger partial charge in [0.25, 0.3) is 0 Å². The molecule has 1 atom stereocenters. The molecule has 0 radical (unpaired) electrons. The molecule has 2 aliphatic heterocycles. The summed E-state index contributed by atoms with van der Waals surface area (Å²) in [7, 11) is 0. The predicted octanol–water partition coefficient (Wildman–Crippen LogP) is 0.725. The fraction of sp³-hybridized carbons (Fsp3) is 1.00. The Bertz CT molecular complexity index is 145. The Morgan fingerprint density at radius 3 is 2.64 bits per heavy atom. The van der Waals surface area contributed by atoms with Crippen molar-refractivity contribution in [2.45, 2.75) is 19.0 Å². The van der Waals surface area contributed by atoms with Crippen LogP contribution in [0.1, 0.15) is 12.8 Å². The molecule has 0 saturated carbocycles. The standard InChI is InChI=1S/C8H14FNO/c9-7-5-10-6-8(7)1-3-11-4-2-8/h7,10H,1-6H2. The lowest BCUT2D eigenvalue weighted by Crippen LogP contribution is -2.37. The molecule has 64 valence electrons. The van der Waals surface area contributed by atoms with E-state index >= 15 is 0 Å². The average molecular weight is 159 g/mol. The molecule has 2 fully saturated rings. The third-order valence-electron chi connectivity index (χ3n) is 2.95. The van der Waals surface area contributed by atoms with Gasteiger partial charge in [0.2, 0.25) is 0 Å². The van der Waals surface area contributed by atoms with E-state index in [0.29, 0.717) is 6.54 Å². The number of nitrogens with one attached hydrogen (secondary N) is 1. The van der Waals surface area contributed by atoms with Crippen molar-refractivity contribution in [2.24, 2.45) is 5.41 Å². The molecule has 2 rings (SSSR count). The summed E-state index contributed by atoms with van der Waals surface area (Å²) in [6.45, 7) is 2.86. The second-order valence-corrected chi connectivity index (χ2v) is 3.57. The van der Waals surface area contributed by atoms with Gasteiger partial charge in [0.1, 0.15) is 6.17 Å². The Balaban J connectivity index is 2.06. The first-order chi connectivity index (χ1) is 5.33. The van der Waals surface area contributed by atoms with Crippen molar-refractivity contribution in [1.82, 2.24) is 5.32 Å². The normalized spacial score (nSPS) is 36.3. The topological polar surface area (TPSA) is 21.3 Å². The predicted molar refractivity (Wildman–Crippen MR) is 40.3 cm³/mol. The number of ether oxygens (including phenoxy) is 1. The maximum atomic E-state index is 13.3. The van der Waals surface area contributed by atoms with E-state index in [1.165, 1.54) is 0 Å². The molecule has 11 heavy (non-hydrogen) atoms. The molecule has 1 spiro atoms. The number of rotatable bonds is 0. The minimum absolute atomic E-state index is 0.0712. The van der Waals surface area contributed by atoms with Gasteiger partial charge in [-0.25, -0.2) is 4.39 Å². The van der Waals surface area contributed by atoms with Crippen LogP contribution in [-0.2, 0) is 4.74 Å². The largest absolute Gasteiger partial charge is 0.381 e. The van der Waals surface area contributed by atoms with Crippen molar-refractivity contribution in [3.8, 4) is 0 Å². The molecule has 2 nitrogen and oxygen atoms in total. The van der Waals surface area contributed by atoms with E-state index in [1.807, 2.05) is 0 Å². The molecule has 0 aromatic rings. The summed E-state index contributed by atoms with van der Waals surface area (Å²) >= 11 is 0. The summed E-state index contributed by atoms with van der Waals surface area (Å²) in [4.78, 5) is 0. The summed E-state index contributed by atoms with van der Waals surface area (Å²) in [5.41, 5.74) is -0.0712. The van der Waals surface area contributed by atoms with Crippen LogP contribution in [0.2, 0.25) is 0 Å². The zero-order valence-corrected chi connectivity index (χ0v) is 6.61.